The van der Waals surface area contributed by atoms with E-state index >= 15 is 0 Å². The molecule has 116 valence electrons. The molecular formula is C13H12FN3O4S. The first kappa shape index (κ1) is 15.7. The lowest BCUT2D eigenvalue weighted by molar-refractivity contribution is 0.1000. The molecule has 9 heteroatoms. The van der Waals surface area contributed by atoms with E-state index in [4.69, 9.17) is 10.5 Å². The number of methoxy groups -OCH3 is 1. The molecule has 0 saturated heterocycles. The van der Waals surface area contributed by atoms with Gasteiger partial charge in [0.05, 0.1) is 19.0 Å². The number of carbonyl (C=O) groups excluding carboxylic acids is 1. The molecule has 22 heavy (non-hydrogen) atoms. The van der Waals surface area contributed by atoms with Gasteiger partial charge in [0.2, 0.25) is 5.91 Å². The van der Waals surface area contributed by atoms with Crippen LogP contribution in [0.25, 0.3) is 0 Å². The smallest absolute Gasteiger partial charge is 0.263 e. The summed E-state index contributed by atoms with van der Waals surface area (Å²) in [6.07, 6.45) is 1.90. The first-order chi connectivity index (χ1) is 10.3. The third-order valence-electron chi connectivity index (χ3n) is 2.72. The van der Waals surface area contributed by atoms with E-state index in [1.54, 1.807) is 0 Å². The molecule has 0 radical (unpaired) electrons. The number of pyridine rings is 1. The average molecular weight is 325 g/mol. The molecule has 2 rings (SSSR count). The molecule has 1 amide bonds. The highest BCUT2D eigenvalue weighted by molar-refractivity contribution is 7.92. The Morgan fingerprint density at radius 2 is 2.05 bits per heavy atom. The Balaban J connectivity index is 2.39. The lowest BCUT2D eigenvalue weighted by Crippen LogP contribution is -2.15. The fourth-order valence-corrected chi connectivity index (χ4v) is 2.72. The molecule has 0 fully saturated rings. The van der Waals surface area contributed by atoms with Crippen molar-refractivity contribution < 1.29 is 22.3 Å². The van der Waals surface area contributed by atoms with Gasteiger partial charge in [-0.15, -0.1) is 0 Å². The molecule has 0 bridgehead atoms. The van der Waals surface area contributed by atoms with Crippen LogP contribution in [0, 0.1) is 5.82 Å². The van der Waals surface area contributed by atoms with Crippen molar-refractivity contribution in [3.63, 3.8) is 0 Å². The Morgan fingerprint density at radius 1 is 1.32 bits per heavy atom. The second kappa shape index (κ2) is 5.98. The Bertz CT molecular complexity index is 824. The number of primary amides is 1. The number of aromatic nitrogens is 1. The molecule has 0 aliphatic rings. The molecule has 3 N–H and O–H groups in total. The van der Waals surface area contributed by atoms with Gasteiger partial charge in [0.25, 0.3) is 10.0 Å². The molecule has 0 aliphatic heterocycles. The van der Waals surface area contributed by atoms with Gasteiger partial charge in [-0.1, -0.05) is 0 Å². The van der Waals surface area contributed by atoms with Crippen LogP contribution in [0.1, 0.15) is 10.4 Å². The number of hydrogen-bond acceptors (Lipinski definition) is 5. The molecule has 0 saturated carbocycles. The number of rotatable bonds is 5. The van der Waals surface area contributed by atoms with Crippen molar-refractivity contribution in [2.45, 2.75) is 4.90 Å². The monoisotopic (exact) mass is 325 g/mol. The van der Waals surface area contributed by atoms with Crippen molar-refractivity contribution in [1.29, 1.82) is 0 Å². The standard InChI is InChI=1S/C13H12FN3O4S/c1-21-12-4-8(13(15)18)2-3-11(12)17-22(19,20)10-5-9(14)6-16-7-10/h2-7,17H,1H3,(H2,15,18). The van der Waals surface area contributed by atoms with Crippen LogP contribution in [0.15, 0.2) is 41.6 Å². The average Bonchev–Trinajstić information content (AvgIpc) is 2.47. The van der Waals surface area contributed by atoms with Gasteiger partial charge in [-0.05, 0) is 24.3 Å². The SMILES string of the molecule is COc1cc(C(N)=O)ccc1NS(=O)(=O)c1cncc(F)c1. The molecule has 0 aliphatic carbocycles. The number of carbonyl (C=O) groups is 1. The highest BCUT2D eigenvalue weighted by atomic mass is 32.2. The largest absolute Gasteiger partial charge is 0.495 e. The van der Waals surface area contributed by atoms with Crippen LogP contribution in [0.2, 0.25) is 0 Å². The second-order valence-electron chi connectivity index (χ2n) is 4.22. The maximum atomic E-state index is 13.1. The maximum absolute atomic E-state index is 13.1. The molecule has 1 heterocycles. The predicted molar refractivity (Wildman–Crippen MR) is 76.5 cm³/mol. The summed E-state index contributed by atoms with van der Waals surface area (Å²) < 4.78 is 44.7. The summed E-state index contributed by atoms with van der Waals surface area (Å²) in [7, 11) is -2.74. The van der Waals surface area contributed by atoms with Crippen LogP contribution in [-0.4, -0.2) is 26.4 Å². The number of sulfonamides is 1. The van der Waals surface area contributed by atoms with Gasteiger partial charge < -0.3 is 10.5 Å². The Labute approximate surface area is 126 Å². The Kier molecular flexibility index (Phi) is 4.27. The zero-order valence-corrected chi connectivity index (χ0v) is 12.2. The van der Waals surface area contributed by atoms with Crippen molar-refractivity contribution in [3.05, 3.63) is 48.0 Å². The lowest BCUT2D eigenvalue weighted by Gasteiger charge is -2.12. The maximum Gasteiger partial charge on any atom is 0.263 e. The summed E-state index contributed by atoms with van der Waals surface area (Å²) in [5.41, 5.74) is 5.38. The van der Waals surface area contributed by atoms with Crippen molar-refractivity contribution >= 4 is 21.6 Å². The minimum absolute atomic E-state index is 0.0803. The number of nitrogens with one attached hydrogen (secondary N) is 1. The van der Waals surface area contributed by atoms with Crippen LogP contribution < -0.4 is 15.2 Å². The van der Waals surface area contributed by atoms with Crippen molar-refractivity contribution in [3.8, 4) is 5.75 Å². The van der Waals surface area contributed by atoms with Gasteiger partial charge in [-0.3, -0.25) is 14.5 Å². The van der Waals surface area contributed by atoms with Gasteiger partial charge >= 0.3 is 0 Å². The number of benzene rings is 1. The van der Waals surface area contributed by atoms with E-state index in [1.165, 1.54) is 25.3 Å². The quantitative estimate of drug-likeness (QED) is 0.856. The van der Waals surface area contributed by atoms with Gasteiger partial charge in [0.1, 0.15) is 16.5 Å². The highest BCUT2D eigenvalue weighted by Gasteiger charge is 2.18. The van der Waals surface area contributed by atoms with Crippen LogP contribution in [0.5, 0.6) is 5.75 Å². The van der Waals surface area contributed by atoms with Gasteiger partial charge in [0, 0.05) is 11.8 Å². The van der Waals surface area contributed by atoms with E-state index in [2.05, 4.69) is 9.71 Å². The molecule has 1 aromatic heterocycles. The number of ether oxygens (including phenoxy) is 1. The van der Waals surface area contributed by atoms with Crippen LogP contribution in [0.3, 0.4) is 0 Å². The molecule has 7 nitrogen and oxygen atoms in total. The van der Waals surface area contributed by atoms with Crippen LogP contribution in [-0.2, 0) is 10.0 Å². The highest BCUT2D eigenvalue weighted by Crippen LogP contribution is 2.27. The number of amides is 1. The fraction of sp³-hybridized carbons (Fsp3) is 0.0769. The van der Waals surface area contributed by atoms with Gasteiger partial charge in [0.15, 0.2) is 0 Å². The molecule has 0 atom stereocenters. The molecule has 0 spiro atoms. The fourth-order valence-electron chi connectivity index (χ4n) is 1.67. The molecule has 1 aromatic carbocycles. The minimum atomic E-state index is -4.05. The summed E-state index contributed by atoms with van der Waals surface area (Å²) in [6, 6.07) is 4.79. The minimum Gasteiger partial charge on any atom is -0.495 e. The zero-order valence-electron chi connectivity index (χ0n) is 11.4. The van der Waals surface area contributed by atoms with E-state index in [1.807, 2.05) is 0 Å². The van der Waals surface area contributed by atoms with Gasteiger partial charge in [-0.2, -0.15) is 0 Å². The molecular weight excluding hydrogens is 313 g/mol. The number of hydrogen-bond donors (Lipinski definition) is 2. The molecule has 2 aromatic rings. The normalized spacial score (nSPS) is 11.0. The predicted octanol–water partition coefficient (Wildman–Crippen LogP) is 1.13. The first-order valence-electron chi connectivity index (χ1n) is 5.94. The second-order valence-corrected chi connectivity index (χ2v) is 5.91. The molecule has 0 unspecified atom stereocenters. The van der Waals surface area contributed by atoms with E-state index in [-0.39, 0.29) is 21.9 Å². The van der Waals surface area contributed by atoms with E-state index in [9.17, 15) is 17.6 Å². The van der Waals surface area contributed by atoms with Crippen LogP contribution in [0.4, 0.5) is 10.1 Å². The van der Waals surface area contributed by atoms with Crippen LogP contribution >= 0.6 is 0 Å². The van der Waals surface area contributed by atoms with E-state index < -0.39 is 21.7 Å². The number of nitrogens with two attached hydrogens (primary N) is 1. The Hall–Kier alpha value is -2.68. The summed E-state index contributed by atoms with van der Waals surface area (Å²) >= 11 is 0. The number of nitrogens with zero attached hydrogens (tertiary/aromatic N) is 1. The third kappa shape index (κ3) is 3.31. The summed E-state index contributed by atoms with van der Waals surface area (Å²) in [6.45, 7) is 0. The van der Waals surface area contributed by atoms with Crippen molar-refractivity contribution in [2.24, 2.45) is 5.73 Å². The Morgan fingerprint density at radius 3 is 2.64 bits per heavy atom. The summed E-state index contributed by atoms with van der Waals surface area (Å²) in [5.74, 6) is -1.36. The third-order valence-corrected chi connectivity index (χ3v) is 4.05. The first-order valence-corrected chi connectivity index (χ1v) is 7.43. The topological polar surface area (TPSA) is 111 Å². The van der Waals surface area contributed by atoms with Gasteiger partial charge in [-0.25, -0.2) is 12.8 Å². The lowest BCUT2D eigenvalue weighted by atomic mass is 10.2. The zero-order chi connectivity index (χ0) is 16.3. The van der Waals surface area contributed by atoms with Crippen molar-refractivity contribution in [2.75, 3.05) is 11.8 Å². The summed E-state index contributed by atoms with van der Waals surface area (Å²) in [4.78, 5) is 14.2. The van der Waals surface area contributed by atoms with E-state index in [0.717, 1.165) is 18.5 Å². The number of halogens is 1. The summed E-state index contributed by atoms with van der Waals surface area (Å²) in [5, 5.41) is 0. The van der Waals surface area contributed by atoms with Crippen molar-refractivity contribution in [1.82, 2.24) is 4.98 Å². The number of anilines is 1. The van der Waals surface area contributed by atoms with E-state index in [0.29, 0.717) is 0 Å².